The Balaban J connectivity index is 2.83. The topological polar surface area (TPSA) is 94.9 Å². The van der Waals surface area contributed by atoms with Gasteiger partial charge in [-0.2, -0.15) is 0 Å². The van der Waals surface area contributed by atoms with Crippen LogP contribution in [0.25, 0.3) is 10.4 Å². The third-order valence-electron chi connectivity index (χ3n) is 2.92. The van der Waals surface area contributed by atoms with Gasteiger partial charge in [-0.1, -0.05) is 42.6 Å². The van der Waals surface area contributed by atoms with E-state index < -0.39 is 10.0 Å². The molecule has 1 N–H and O–H groups in total. The van der Waals surface area contributed by atoms with E-state index in [4.69, 9.17) is 5.53 Å². The first kappa shape index (κ1) is 16.5. The molecule has 7 heteroatoms. The highest BCUT2D eigenvalue weighted by atomic mass is 32.2. The van der Waals surface area contributed by atoms with Crippen LogP contribution in [0.15, 0.2) is 34.3 Å². The SMILES string of the molecule is CCCC[C@@H](CN=[N+]=[N-])NS(=O)(=O)c1ccc(C)cc1. The Bertz CT molecular complexity index is 563. The number of unbranched alkanes of at least 4 members (excludes halogenated alkanes) is 1. The summed E-state index contributed by atoms with van der Waals surface area (Å²) >= 11 is 0. The maximum absolute atomic E-state index is 12.2. The first-order valence-electron chi connectivity index (χ1n) is 6.59. The third-order valence-corrected chi connectivity index (χ3v) is 4.46. The average molecular weight is 296 g/mol. The molecule has 0 amide bonds. The summed E-state index contributed by atoms with van der Waals surface area (Å²) in [4.78, 5) is 2.92. The van der Waals surface area contributed by atoms with Gasteiger partial charge in [0.25, 0.3) is 0 Å². The van der Waals surface area contributed by atoms with E-state index in [1.54, 1.807) is 24.3 Å². The molecule has 0 saturated heterocycles. The lowest BCUT2D eigenvalue weighted by atomic mass is 10.1. The predicted octanol–water partition coefficient (Wildman–Crippen LogP) is 3.14. The van der Waals surface area contributed by atoms with Crippen LogP contribution in [0.2, 0.25) is 0 Å². The van der Waals surface area contributed by atoms with Crippen LogP contribution < -0.4 is 4.72 Å². The molecule has 0 heterocycles. The Kier molecular flexibility index (Phi) is 6.51. The first-order chi connectivity index (χ1) is 9.49. The highest BCUT2D eigenvalue weighted by molar-refractivity contribution is 7.89. The zero-order valence-corrected chi connectivity index (χ0v) is 12.6. The van der Waals surface area contributed by atoms with E-state index in [9.17, 15) is 8.42 Å². The number of hydrogen-bond donors (Lipinski definition) is 1. The highest BCUT2D eigenvalue weighted by Crippen LogP contribution is 2.12. The van der Waals surface area contributed by atoms with Gasteiger partial charge >= 0.3 is 0 Å². The van der Waals surface area contributed by atoms with Crippen molar-refractivity contribution >= 4 is 10.0 Å². The quantitative estimate of drug-likeness (QED) is 0.453. The van der Waals surface area contributed by atoms with Crippen molar-refractivity contribution in [3.63, 3.8) is 0 Å². The monoisotopic (exact) mass is 296 g/mol. The molecule has 0 aliphatic carbocycles. The molecule has 0 aromatic heterocycles. The van der Waals surface area contributed by atoms with Gasteiger partial charge in [0.15, 0.2) is 0 Å². The van der Waals surface area contributed by atoms with Crippen molar-refractivity contribution < 1.29 is 8.42 Å². The predicted molar refractivity (Wildman–Crippen MR) is 78.8 cm³/mol. The molecule has 0 radical (unpaired) electrons. The molecule has 0 unspecified atom stereocenters. The Morgan fingerprint density at radius 1 is 1.35 bits per heavy atom. The van der Waals surface area contributed by atoms with Crippen LogP contribution >= 0.6 is 0 Å². The van der Waals surface area contributed by atoms with Gasteiger partial charge < -0.3 is 0 Å². The van der Waals surface area contributed by atoms with Crippen LogP contribution in [0, 0.1) is 6.92 Å². The molecule has 0 bridgehead atoms. The van der Waals surface area contributed by atoms with E-state index >= 15 is 0 Å². The van der Waals surface area contributed by atoms with Gasteiger partial charge in [-0.05, 0) is 31.0 Å². The summed E-state index contributed by atoms with van der Waals surface area (Å²) in [6, 6.07) is 6.29. The summed E-state index contributed by atoms with van der Waals surface area (Å²) < 4.78 is 27.1. The third kappa shape index (κ3) is 5.21. The number of rotatable bonds is 8. The number of hydrogen-bond acceptors (Lipinski definition) is 3. The molecule has 1 atom stereocenters. The summed E-state index contributed by atoms with van der Waals surface area (Å²) in [5, 5.41) is 3.47. The number of benzene rings is 1. The van der Waals surface area contributed by atoms with Crippen LogP contribution in [0.4, 0.5) is 0 Å². The standard InChI is InChI=1S/C13H20N4O2S/c1-3-4-5-12(10-15-17-14)16-20(18,19)13-8-6-11(2)7-9-13/h6-9,12,16H,3-5,10H2,1-2H3/t12-/m0/s1. The summed E-state index contributed by atoms with van der Waals surface area (Å²) in [5.41, 5.74) is 9.37. The van der Waals surface area contributed by atoms with Gasteiger partial charge in [-0.25, -0.2) is 13.1 Å². The Morgan fingerprint density at radius 2 is 2.00 bits per heavy atom. The minimum Gasteiger partial charge on any atom is -0.208 e. The molecule has 20 heavy (non-hydrogen) atoms. The van der Waals surface area contributed by atoms with Gasteiger partial charge in [0.2, 0.25) is 10.0 Å². The molecular formula is C13H20N4O2S. The van der Waals surface area contributed by atoms with Crippen molar-refractivity contribution in [2.24, 2.45) is 5.11 Å². The maximum Gasteiger partial charge on any atom is 0.240 e. The highest BCUT2D eigenvalue weighted by Gasteiger charge is 2.19. The smallest absolute Gasteiger partial charge is 0.208 e. The van der Waals surface area contributed by atoms with E-state index in [2.05, 4.69) is 14.7 Å². The summed E-state index contributed by atoms with van der Waals surface area (Å²) in [6.07, 6.45) is 2.49. The Morgan fingerprint density at radius 3 is 2.55 bits per heavy atom. The van der Waals surface area contributed by atoms with Crippen LogP contribution in [0.5, 0.6) is 0 Å². The Labute approximate surface area is 119 Å². The Hall–Kier alpha value is -1.56. The molecule has 6 nitrogen and oxygen atoms in total. The van der Waals surface area contributed by atoms with Gasteiger partial charge in [-0.15, -0.1) is 0 Å². The van der Waals surface area contributed by atoms with Crippen molar-refractivity contribution in [1.29, 1.82) is 0 Å². The molecular weight excluding hydrogens is 276 g/mol. The number of nitrogens with zero attached hydrogens (tertiary/aromatic N) is 3. The van der Waals surface area contributed by atoms with Crippen LogP contribution in [0.1, 0.15) is 31.7 Å². The number of sulfonamides is 1. The molecule has 0 aliphatic rings. The molecule has 0 saturated carbocycles. The zero-order valence-electron chi connectivity index (χ0n) is 11.8. The average Bonchev–Trinajstić information content (AvgIpc) is 2.42. The molecule has 1 rings (SSSR count). The maximum atomic E-state index is 12.2. The molecule has 0 aliphatic heterocycles. The summed E-state index contributed by atoms with van der Waals surface area (Å²) in [7, 11) is -3.57. The lowest BCUT2D eigenvalue weighted by molar-refractivity contribution is 0.516. The van der Waals surface area contributed by atoms with Crippen LogP contribution in [-0.2, 0) is 10.0 Å². The second-order valence-corrected chi connectivity index (χ2v) is 6.40. The van der Waals surface area contributed by atoms with E-state index in [-0.39, 0.29) is 17.5 Å². The summed E-state index contributed by atoms with van der Waals surface area (Å²) in [6.45, 7) is 4.05. The minimum absolute atomic E-state index is 0.127. The fourth-order valence-electron chi connectivity index (χ4n) is 1.78. The second-order valence-electron chi connectivity index (χ2n) is 4.69. The van der Waals surface area contributed by atoms with Gasteiger partial charge in [0.1, 0.15) is 0 Å². The van der Waals surface area contributed by atoms with Crippen LogP contribution in [0.3, 0.4) is 0 Å². The van der Waals surface area contributed by atoms with Crippen molar-refractivity contribution in [2.45, 2.75) is 44.0 Å². The second kappa shape index (κ2) is 7.89. The van der Waals surface area contributed by atoms with Gasteiger partial charge in [0, 0.05) is 17.5 Å². The lowest BCUT2D eigenvalue weighted by Crippen LogP contribution is -2.36. The molecule has 0 spiro atoms. The normalized spacial score (nSPS) is 12.7. The fourth-order valence-corrected chi connectivity index (χ4v) is 3.04. The zero-order chi connectivity index (χ0) is 15.0. The van der Waals surface area contributed by atoms with E-state index in [1.807, 2.05) is 13.8 Å². The number of nitrogens with one attached hydrogen (secondary N) is 1. The van der Waals surface area contributed by atoms with Gasteiger partial charge in [0.05, 0.1) is 4.90 Å². The molecule has 110 valence electrons. The summed E-state index contributed by atoms with van der Waals surface area (Å²) in [5.74, 6) is 0. The fraction of sp³-hybridized carbons (Fsp3) is 0.538. The van der Waals surface area contributed by atoms with Crippen LogP contribution in [-0.4, -0.2) is 21.0 Å². The molecule has 0 fully saturated rings. The number of azide groups is 1. The first-order valence-corrected chi connectivity index (χ1v) is 8.07. The molecule has 1 aromatic carbocycles. The molecule has 1 aromatic rings. The van der Waals surface area contributed by atoms with E-state index in [0.717, 1.165) is 18.4 Å². The van der Waals surface area contributed by atoms with Gasteiger partial charge in [-0.3, -0.25) is 0 Å². The largest absolute Gasteiger partial charge is 0.240 e. The van der Waals surface area contributed by atoms with E-state index in [1.165, 1.54) is 0 Å². The van der Waals surface area contributed by atoms with Crippen molar-refractivity contribution in [2.75, 3.05) is 6.54 Å². The van der Waals surface area contributed by atoms with Crippen molar-refractivity contribution in [3.05, 3.63) is 40.3 Å². The minimum atomic E-state index is -3.57. The van der Waals surface area contributed by atoms with E-state index in [0.29, 0.717) is 6.42 Å². The lowest BCUT2D eigenvalue weighted by Gasteiger charge is -2.16. The van der Waals surface area contributed by atoms with Crippen molar-refractivity contribution in [1.82, 2.24) is 4.72 Å². The number of aryl methyl sites for hydroxylation is 1. The van der Waals surface area contributed by atoms with Crippen molar-refractivity contribution in [3.8, 4) is 0 Å².